The Morgan fingerprint density at radius 3 is 2.40 bits per heavy atom. The van der Waals surface area contributed by atoms with Crippen LogP contribution in [0.15, 0.2) is 60.9 Å². The maximum absolute atomic E-state index is 12.5. The number of carbonyl (C=O) groups excluding carboxylic acids is 2. The van der Waals surface area contributed by atoms with Gasteiger partial charge in [0, 0.05) is 30.4 Å². The first-order valence-electron chi connectivity index (χ1n) is 9.89. The van der Waals surface area contributed by atoms with Crippen LogP contribution in [0.3, 0.4) is 0 Å². The van der Waals surface area contributed by atoms with E-state index in [1.54, 1.807) is 35.5 Å². The number of primary amides is 1. The van der Waals surface area contributed by atoms with Crippen molar-refractivity contribution in [2.45, 2.75) is 26.8 Å². The lowest BCUT2D eigenvalue weighted by Gasteiger charge is -2.22. The number of benzene rings is 1. The van der Waals surface area contributed by atoms with E-state index < -0.39 is 5.91 Å². The molecule has 0 spiro atoms. The van der Waals surface area contributed by atoms with Crippen LogP contribution in [0, 0.1) is 0 Å². The van der Waals surface area contributed by atoms with Crippen molar-refractivity contribution in [3.63, 3.8) is 0 Å². The van der Waals surface area contributed by atoms with E-state index in [0.717, 1.165) is 23.5 Å². The summed E-state index contributed by atoms with van der Waals surface area (Å²) in [5.41, 5.74) is 9.58. The monoisotopic (exact) mass is 403 g/mol. The standard InChI is InChI=1S/C23H25N5O2/c1-3-22(29)28(18-6-5-13-26-14-18)17-9-7-16(8-10-17)20-12-11-19(23(24)30)21(27-20)15-25-4-2/h5-14,25H,3-4,15H2,1-2H3,(H2,24,30). The van der Waals surface area contributed by atoms with Gasteiger partial charge < -0.3 is 11.1 Å². The Morgan fingerprint density at radius 1 is 1.03 bits per heavy atom. The number of hydrogen-bond donors (Lipinski definition) is 2. The molecule has 0 fully saturated rings. The fourth-order valence-electron chi connectivity index (χ4n) is 3.13. The smallest absolute Gasteiger partial charge is 0.250 e. The molecule has 7 heteroatoms. The molecule has 3 aromatic rings. The molecule has 154 valence electrons. The van der Waals surface area contributed by atoms with E-state index in [1.807, 2.05) is 44.2 Å². The van der Waals surface area contributed by atoms with Crippen LogP contribution in [0.25, 0.3) is 11.3 Å². The third-order valence-electron chi connectivity index (χ3n) is 4.66. The van der Waals surface area contributed by atoms with E-state index in [9.17, 15) is 9.59 Å². The number of anilines is 2. The molecule has 0 aliphatic rings. The van der Waals surface area contributed by atoms with Gasteiger partial charge in [0.2, 0.25) is 5.91 Å². The highest BCUT2D eigenvalue weighted by atomic mass is 16.2. The van der Waals surface area contributed by atoms with Crippen molar-refractivity contribution in [2.75, 3.05) is 11.4 Å². The van der Waals surface area contributed by atoms with Gasteiger partial charge in [0.25, 0.3) is 5.91 Å². The summed E-state index contributed by atoms with van der Waals surface area (Å²) in [6, 6.07) is 14.7. The lowest BCUT2D eigenvalue weighted by Crippen LogP contribution is -2.24. The summed E-state index contributed by atoms with van der Waals surface area (Å²) < 4.78 is 0. The third-order valence-corrected chi connectivity index (χ3v) is 4.66. The van der Waals surface area contributed by atoms with E-state index in [-0.39, 0.29) is 5.91 Å². The van der Waals surface area contributed by atoms with Gasteiger partial charge in [0.1, 0.15) is 0 Å². The number of pyridine rings is 2. The zero-order valence-electron chi connectivity index (χ0n) is 17.1. The zero-order valence-corrected chi connectivity index (χ0v) is 17.1. The van der Waals surface area contributed by atoms with Crippen molar-refractivity contribution < 1.29 is 9.59 Å². The van der Waals surface area contributed by atoms with E-state index in [2.05, 4.69) is 15.3 Å². The van der Waals surface area contributed by atoms with E-state index >= 15 is 0 Å². The molecule has 0 saturated carbocycles. The molecule has 0 aliphatic carbocycles. The zero-order chi connectivity index (χ0) is 21.5. The van der Waals surface area contributed by atoms with E-state index in [1.165, 1.54) is 0 Å². The summed E-state index contributed by atoms with van der Waals surface area (Å²) in [5, 5.41) is 3.18. The normalized spacial score (nSPS) is 10.6. The highest BCUT2D eigenvalue weighted by Crippen LogP contribution is 2.28. The van der Waals surface area contributed by atoms with Crippen LogP contribution in [-0.4, -0.2) is 28.3 Å². The molecule has 30 heavy (non-hydrogen) atoms. The second kappa shape index (κ2) is 9.76. The Balaban J connectivity index is 1.94. The van der Waals surface area contributed by atoms with Crippen LogP contribution in [0.4, 0.5) is 11.4 Å². The largest absolute Gasteiger partial charge is 0.366 e. The minimum absolute atomic E-state index is 0.0207. The second-order valence-electron chi connectivity index (χ2n) is 6.68. The first-order chi connectivity index (χ1) is 14.5. The van der Waals surface area contributed by atoms with Gasteiger partial charge >= 0.3 is 0 Å². The molecule has 0 unspecified atom stereocenters. The fourth-order valence-corrected chi connectivity index (χ4v) is 3.13. The summed E-state index contributed by atoms with van der Waals surface area (Å²) in [6.07, 6.45) is 3.72. The molecule has 0 saturated heterocycles. The summed E-state index contributed by atoms with van der Waals surface area (Å²) in [4.78, 5) is 34.6. The van der Waals surface area contributed by atoms with Crippen LogP contribution in [0.5, 0.6) is 0 Å². The van der Waals surface area contributed by atoms with Crippen molar-refractivity contribution in [1.82, 2.24) is 15.3 Å². The topological polar surface area (TPSA) is 101 Å². The molecule has 0 aliphatic heterocycles. The molecule has 2 aromatic heterocycles. The maximum Gasteiger partial charge on any atom is 0.250 e. The van der Waals surface area contributed by atoms with Crippen molar-refractivity contribution in [3.8, 4) is 11.3 Å². The molecule has 2 heterocycles. The Bertz CT molecular complexity index is 1020. The summed E-state index contributed by atoms with van der Waals surface area (Å²) in [5.74, 6) is -0.518. The number of nitrogens with one attached hydrogen (secondary N) is 1. The quantitative estimate of drug-likeness (QED) is 0.600. The molecular weight excluding hydrogens is 378 g/mol. The SMILES string of the molecule is CCNCc1nc(-c2ccc(N(C(=O)CC)c3cccnc3)cc2)ccc1C(N)=O. The molecule has 2 amide bonds. The molecule has 0 radical (unpaired) electrons. The van der Waals surface area contributed by atoms with Gasteiger partial charge in [0.05, 0.1) is 28.8 Å². The number of carbonyl (C=O) groups is 2. The number of rotatable bonds is 8. The van der Waals surface area contributed by atoms with Gasteiger partial charge in [-0.3, -0.25) is 24.5 Å². The Hall–Kier alpha value is -3.58. The molecule has 0 atom stereocenters. The van der Waals surface area contributed by atoms with E-state index in [0.29, 0.717) is 29.9 Å². The minimum atomic E-state index is -0.498. The van der Waals surface area contributed by atoms with Crippen molar-refractivity contribution >= 4 is 23.2 Å². The van der Waals surface area contributed by atoms with Gasteiger partial charge in [-0.2, -0.15) is 0 Å². The minimum Gasteiger partial charge on any atom is -0.366 e. The van der Waals surface area contributed by atoms with Crippen LogP contribution < -0.4 is 16.0 Å². The fraction of sp³-hybridized carbons (Fsp3) is 0.217. The van der Waals surface area contributed by atoms with Gasteiger partial charge in [-0.15, -0.1) is 0 Å². The van der Waals surface area contributed by atoms with Crippen LogP contribution in [-0.2, 0) is 11.3 Å². The lowest BCUT2D eigenvalue weighted by molar-refractivity contribution is -0.117. The summed E-state index contributed by atoms with van der Waals surface area (Å²) in [6.45, 7) is 5.03. The second-order valence-corrected chi connectivity index (χ2v) is 6.68. The highest BCUT2D eigenvalue weighted by molar-refractivity contribution is 6.00. The molecule has 3 rings (SSSR count). The van der Waals surface area contributed by atoms with Crippen LogP contribution in [0.1, 0.15) is 36.3 Å². The number of hydrogen-bond acceptors (Lipinski definition) is 5. The first kappa shape index (κ1) is 21.1. The molecule has 0 bridgehead atoms. The van der Waals surface area contributed by atoms with Crippen LogP contribution in [0.2, 0.25) is 0 Å². The van der Waals surface area contributed by atoms with Crippen LogP contribution >= 0.6 is 0 Å². The number of nitrogens with two attached hydrogens (primary N) is 1. The molecule has 7 nitrogen and oxygen atoms in total. The average molecular weight is 403 g/mol. The molecule has 3 N–H and O–H groups in total. The Kier molecular flexibility index (Phi) is 6.87. The molecule has 1 aromatic carbocycles. The first-order valence-corrected chi connectivity index (χ1v) is 9.89. The average Bonchev–Trinajstić information content (AvgIpc) is 2.78. The lowest BCUT2D eigenvalue weighted by atomic mass is 10.1. The van der Waals surface area contributed by atoms with Gasteiger partial charge in [0.15, 0.2) is 0 Å². The Labute approximate surface area is 176 Å². The van der Waals surface area contributed by atoms with Crippen molar-refractivity contribution in [3.05, 3.63) is 72.2 Å². The predicted molar refractivity (Wildman–Crippen MR) is 117 cm³/mol. The highest BCUT2D eigenvalue weighted by Gasteiger charge is 2.17. The van der Waals surface area contributed by atoms with Gasteiger partial charge in [-0.05, 0) is 42.9 Å². The van der Waals surface area contributed by atoms with Gasteiger partial charge in [-0.1, -0.05) is 26.0 Å². The van der Waals surface area contributed by atoms with Crippen molar-refractivity contribution in [1.29, 1.82) is 0 Å². The Morgan fingerprint density at radius 2 is 1.80 bits per heavy atom. The predicted octanol–water partition coefficient (Wildman–Crippen LogP) is 3.43. The summed E-state index contributed by atoms with van der Waals surface area (Å²) in [7, 11) is 0. The molecular formula is C23H25N5O2. The van der Waals surface area contributed by atoms with Crippen molar-refractivity contribution in [2.24, 2.45) is 5.73 Å². The number of amides is 2. The third kappa shape index (κ3) is 4.69. The number of aromatic nitrogens is 2. The van der Waals surface area contributed by atoms with E-state index in [4.69, 9.17) is 5.73 Å². The summed E-state index contributed by atoms with van der Waals surface area (Å²) >= 11 is 0. The maximum atomic E-state index is 12.5. The number of nitrogens with zero attached hydrogens (tertiary/aromatic N) is 3. The van der Waals surface area contributed by atoms with Gasteiger partial charge in [-0.25, -0.2) is 0 Å².